The van der Waals surface area contributed by atoms with Crippen LogP contribution in [-0.2, 0) is 26.2 Å². The molecule has 0 spiro atoms. The van der Waals surface area contributed by atoms with Crippen LogP contribution in [0.5, 0.6) is 5.75 Å². The van der Waals surface area contributed by atoms with Crippen molar-refractivity contribution in [2.45, 2.75) is 24.3 Å². The van der Waals surface area contributed by atoms with E-state index >= 15 is 0 Å². The van der Waals surface area contributed by atoms with Crippen molar-refractivity contribution in [1.29, 1.82) is 0 Å². The minimum absolute atomic E-state index is 0.0697. The van der Waals surface area contributed by atoms with Crippen LogP contribution in [0.4, 0.5) is 5.69 Å². The third kappa shape index (κ3) is 4.13. The second-order valence-electron chi connectivity index (χ2n) is 5.91. The van der Waals surface area contributed by atoms with Crippen LogP contribution in [0.25, 0.3) is 0 Å². The fourth-order valence-corrected chi connectivity index (χ4v) is 3.88. The highest BCUT2D eigenvalue weighted by Gasteiger charge is 2.33. The molecule has 1 saturated heterocycles. The van der Waals surface area contributed by atoms with Gasteiger partial charge in [-0.2, -0.15) is 0 Å². The number of amides is 2. The molecule has 1 fully saturated rings. The Kier molecular flexibility index (Phi) is 5.50. The van der Waals surface area contributed by atoms with Gasteiger partial charge in [0.15, 0.2) is 0 Å². The quantitative estimate of drug-likeness (QED) is 0.741. The molecule has 0 radical (unpaired) electrons. The lowest BCUT2D eigenvalue weighted by Crippen LogP contribution is -2.29. The minimum atomic E-state index is -3.87. The first-order chi connectivity index (χ1) is 12.8. The smallest absolute Gasteiger partial charge is 0.240 e. The van der Waals surface area contributed by atoms with Gasteiger partial charge in [0.25, 0.3) is 0 Å². The van der Waals surface area contributed by atoms with Crippen LogP contribution in [0.2, 0.25) is 5.02 Å². The number of nitrogens with one attached hydrogen (secondary N) is 1. The molecule has 142 valence electrons. The number of carbonyl (C=O) groups excluding carboxylic acids is 2. The van der Waals surface area contributed by atoms with Crippen LogP contribution < -0.4 is 14.4 Å². The van der Waals surface area contributed by atoms with Crippen molar-refractivity contribution < 1.29 is 22.7 Å². The molecule has 0 unspecified atom stereocenters. The summed E-state index contributed by atoms with van der Waals surface area (Å²) in [5.74, 6) is -0.529. The zero-order valence-electron chi connectivity index (χ0n) is 14.4. The van der Waals surface area contributed by atoms with Gasteiger partial charge in [0.05, 0.1) is 17.7 Å². The zero-order chi connectivity index (χ0) is 19.6. The number of ether oxygens (including phenoxy) is 1. The van der Waals surface area contributed by atoms with Crippen molar-refractivity contribution in [3.8, 4) is 5.75 Å². The SMILES string of the molecule is COc1ccc(S(=O)(=O)NCc2ccc(Cl)cc2)cc1N1C(=O)CCC1=O. The van der Waals surface area contributed by atoms with Crippen molar-refractivity contribution in [2.24, 2.45) is 0 Å². The highest BCUT2D eigenvalue weighted by Crippen LogP contribution is 2.34. The number of hydrogen-bond donors (Lipinski definition) is 1. The number of nitrogens with zero attached hydrogens (tertiary/aromatic N) is 1. The molecule has 0 aliphatic carbocycles. The van der Waals surface area contributed by atoms with Crippen molar-refractivity contribution in [2.75, 3.05) is 12.0 Å². The molecule has 9 heteroatoms. The third-order valence-corrected chi connectivity index (χ3v) is 5.78. The second kappa shape index (κ2) is 7.67. The molecule has 1 N–H and O–H groups in total. The highest BCUT2D eigenvalue weighted by molar-refractivity contribution is 7.89. The molecule has 27 heavy (non-hydrogen) atoms. The molecule has 2 aromatic carbocycles. The number of methoxy groups -OCH3 is 1. The van der Waals surface area contributed by atoms with Gasteiger partial charge in [-0.05, 0) is 35.9 Å². The van der Waals surface area contributed by atoms with Crippen LogP contribution in [0.3, 0.4) is 0 Å². The van der Waals surface area contributed by atoms with Crippen LogP contribution in [-0.4, -0.2) is 27.3 Å². The van der Waals surface area contributed by atoms with E-state index in [1.807, 2.05) is 0 Å². The van der Waals surface area contributed by atoms with E-state index in [2.05, 4.69) is 4.72 Å². The average molecular weight is 409 g/mol. The predicted octanol–water partition coefficient (Wildman–Crippen LogP) is 2.48. The first-order valence-electron chi connectivity index (χ1n) is 8.10. The molecule has 0 bridgehead atoms. The van der Waals surface area contributed by atoms with Crippen molar-refractivity contribution in [3.63, 3.8) is 0 Å². The topological polar surface area (TPSA) is 92.8 Å². The number of benzene rings is 2. The molecule has 2 aromatic rings. The average Bonchev–Trinajstić information content (AvgIpc) is 2.99. The largest absolute Gasteiger partial charge is 0.495 e. The lowest BCUT2D eigenvalue weighted by molar-refractivity contribution is -0.121. The molecule has 0 atom stereocenters. The fourth-order valence-electron chi connectivity index (χ4n) is 2.72. The zero-order valence-corrected chi connectivity index (χ0v) is 16.0. The first-order valence-corrected chi connectivity index (χ1v) is 9.96. The Hall–Kier alpha value is -2.42. The Balaban J connectivity index is 1.89. The van der Waals surface area contributed by atoms with Crippen LogP contribution >= 0.6 is 11.6 Å². The summed E-state index contributed by atoms with van der Waals surface area (Å²) in [4.78, 5) is 25.0. The summed E-state index contributed by atoms with van der Waals surface area (Å²) in [6.45, 7) is 0.0719. The summed E-state index contributed by atoms with van der Waals surface area (Å²) in [7, 11) is -2.48. The van der Waals surface area contributed by atoms with Gasteiger partial charge in [-0.15, -0.1) is 0 Å². The van der Waals surface area contributed by atoms with Crippen LogP contribution in [0.15, 0.2) is 47.4 Å². The number of imide groups is 1. The summed E-state index contributed by atoms with van der Waals surface area (Å²) < 4.78 is 32.9. The van der Waals surface area contributed by atoms with Gasteiger partial charge in [0, 0.05) is 24.4 Å². The van der Waals surface area contributed by atoms with E-state index in [9.17, 15) is 18.0 Å². The summed E-state index contributed by atoms with van der Waals surface area (Å²) >= 11 is 5.82. The molecule has 0 aromatic heterocycles. The number of anilines is 1. The maximum atomic E-state index is 12.6. The number of rotatable bonds is 6. The minimum Gasteiger partial charge on any atom is -0.495 e. The number of hydrogen-bond acceptors (Lipinski definition) is 5. The Morgan fingerprint density at radius 2 is 1.70 bits per heavy atom. The molecule has 0 saturated carbocycles. The lowest BCUT2D eigenvalue weighted by Gasteiger charge is -2.18. The monoisotopic (exact) mass is 408 g/mol. The Morgan fingerprint density at radius 1 is 1.07 bits per heavy atom. The standard InChI is InChI=1S/C18H17ClN2O5S/c1-26-16-7-6-14(10-15(16)21-17(22)8-9-18(21)23)27(24,25)20-11-12-2-4-13(19)5-3-12/h2-7,10,20H,8-9,11H2,1H3. The van der Waals surface area contributed by atoms with Gasteiger partial charge in [0.1, 0.15) is 5.75 Å². The van der Waals surface area contributed by atoms with Crippen molar-refractivity contribution in [3.05, 3.63) is 53.1 Å². The van der Waals surface area contributed by atoms with Gasteiger partial charge in [-0.3, -0.25) is 9.59 Å². The maximum absolute atomic E-state index is 12.6. The summed E-state index contributed by atoms with van der Waals surface area (Å²) in [6, 6.07) is 10.8. The fraction of sp³-hybridized carbons (Fsp3) is 0.222. The molecule has 1 aliphatic heterocycles. The van der Waals surface area contributed by atoms with E-state index in [0.717, 1.165) is 10.5 Å². The molecular formula is C18H17ClN2O5S. The molecular weight excluding hydrogens is 392 g/mol. The Bertz CT molecular complexity index is 973. The normalized spacial score (nSPS) is 14.7. The van der Waals surface area contributed by atoms with E-state index < -0.39 is 10.0 Å². The molecule has 1 aliphatic rings. The van der Waals surface area contributed by atoms with E-state index in [1.54, 1.807) is 24.3 Å². The Morgan fingerprint density at radius 3 is 2.30 bits per heavy atom. The van der Waals surface area contributed by atoms with E-state index in [4.69, 9.17) is 16.3 Å². The molecule has 1 heterocycles. The lowest BCUT2D eigenvalue weighted by atomic mass is 10.2. The van der Waals surface area contributed by atoms with Crippen molar-refractivity contribution in [1.82, 2.24) is 4.72 Å². The predicted molar refractivity (Wildman–Crippen MR) is 100 cm³/mol. The summed E-state index contributed by atoms with van der Waals surface area (Å²) in [5, 5.41) is 0.557. The maximum Gasteiger partial charge on any atom is 0.240 e. The third-order valence-electron chi connectivity index (χ3n) is 4.13. The molecule has 7 nitrogen and oxygen atoms in total. The molecule has 3 rings (SSSR count). The number of sulfonamides is 1. The number of carbonyl (C=O) groups is 2. The number of halogens is 1. The van der Waals surface area contributed by atoms with Gasteiger partial charge >= 0.3 is 0 Å². The first kappa shape index (κ1) is 19.3. The van der Waals surface area contributed by atoms with E-state index in [-0.39, 0.29) is 47.5 Å². The second-order valence-corrected chi connectivity index (χ2v) is 8.11. The van der Waals surface area contributed by atoms with Gasteiger partial charge in [-0.1, -0.05) is 23.7 Å². The van der Waals surface area contributed by atoms with Gasteiger partial charge < -0.3 is 4.74 Å². The van der Waals surface area contributed by atoms with Gasteiger partial charge in [0.2, 0.25) is 21.8 Å². The molecule has 2 amide bonds. The summed E-state index contributed by atoms with van der Waals surface area (Å²) in [5.41, 5.74) is 0.862. The highest BCUT2D eigenvalue weighted by atomic mass is 35.5. The van der Waals surface area contributed by atoms with Crippen molar-refractivity contribution >= 4 is 39.1 Å². The van der Waals surface area contributed by atoms with E-state index in [1.165, 1.54) is 25.3 Å². The van der Waals surface area contributed by atoms with Crippen LogP contribution in [0.1, 0.15) is 18.4 Å². The van der Waals surface area contributed by atoms with Crippen LogP contribution in [0, 0.1) is 0 Å². The van der Waals surface area contributed by atoms with E-state index in [0.29, 0.717) is 5.02 Å². The Labute approximate surface area is 161 Å². The summed E-state index contributed by atoms with van der Waals surface area (Å²) in [6.07, 6.45) is 0.182. The van der Waals surface area contributed by atoms with Gasteiger partial charge in [-0.25, -0.2) is 18.0 Å².